The van der Waals surface area contributed by atoms with Crippen LogP contribution in [0.1, 0.15) is 11.5 Å². The van der Waals surface area contributed by atoms with Gasteiger partial charge < -0.3 is 10.8 Å². The Morgan fingerprint density at radius 2 is 1.50 bits per heavy atom. The molecule has 24 heavy (non-hydrogen) atoms. The summed E-state index contributed by atoms with van der Waals surface area (Å²) in [5, 5.41) is 10.1. The van der Waals surface area contributed by atoms with Crippen molar-refractivity contribution in [2.24, 2.45) is 11.1 Å². The van der Waals surface area contributed by atoms with Crippen LogP contribution in [0.25, 0.3) is 0 Å². The molecule has 128 valence electrons. The van der Waals surface area contributed by atoms with E-state index in [0.29, 0.717) is 10.0 Å². The van der Waals surface area contributed by atoms with Crippen molar-refractivity contribution in [3.05, 3.63) is 64.1 Å². The first kappa shape index (κ1) is 17.7. The third-order valence-corrected chi connectivity index (χ3v) is 7.60. The Morgan fingerprint density at radius 3 is 1.96 bits per heavy atom. The van der Waals surface area contributed by atoms with E-state index in [9.17, 15) is 13.5 Å². The maximum Gasteiger partial charge on any atom is 0.182 e. The van der Waals surface area contributed by atoms with Crippen molar-refractivity contribution >= 4 is 33.0 Å². The van der Waals surface area contributed by atoms with Crippen LogP contribution in [0.2, 0.25) is 10.0 Å². The smallest absolute Gasteiger partial charge is 0.182 e. The zero-order valence-corrected chi connectivity index (χ0v) is 15.0. The van der Waals surface area contributed by atoms with Crippen molar-refractivity contribution in [2.45, 2.75) is 16.1 Å². The molecule has 1 saturated carbocycles. The van der Waals surface area contributed by atoms with E-state index in [-0.39, 0.29) is 24.0 Å². The Labute approximate surface area is 151 Å². The number of benzene rings is 2. The van der Waals surface area contributed by atoms with Crippen molar-refractivity contribution in [3.63, 3.8) is 0 Å². The summed E-state index contributed by atoms with van der Waals surface area (Å²) in [6.07, 6.45) is 0. The van der Waals surface area contributed by atoms with Crippen LogP contribution in [0.15, 0.2) is 53.4 Å². The largest absolute Gasteiger partial charge is 0.396 e. The molecule has 3 N–H and O–H groups in total. The molecule has 0 bridgehead atoms. The highest BCUT2D eigenvalue weighted by Gasteiger charge is 2.70. The Morgan fingerprint density at radius 1 is 1.00 bits per heavy atom. The van der Waals surface area contributed by atoms with E-state index in [1.165, 1.54) is 24.3 Å². The van der Waals surface area contributed by atoms with Crippen LogP contribution in [0.3, 0.4) is 0 Å². The highest BCUT2D eigenvalue weighted by molar-refractivity contribution is 7.92. The molecular weight excluding hydrogens is 369 g/mol. The highest BCUT2D eigenvalue weighted by Crippen LogP contribution is 2.63. The molecule has 3 atom stereocenters. The molecule has 0 spiro atoms. The van der Waals surface area contributed by atoms with Gasteiger partial charge in [0, 0.05) is 27.9 Å². The van der Waals surface area contributed by atoms with Crippen LogP contribution in [0, 0.1) is 5.41 Å². The molecular formula is C17H17Cl2NO3S. The van der Waals surface area contributed by atoms with Crippen LogP contribution < -0.4 is 5.73 Å². The fourth-order valence-corrected chi connectivity index (χ4v) is 6.09. The minimum absolute atomic E-state index is 0.0777. The molecule has 1 aliphatic rings. The highest BCUT2D eigenvalue weighted by atomic mass is 35.5. The van der Waals surface area contributed by atoms with E-state index in [4.69, 9.17) is 28.9 Å². The van der Waals surface area contributed by atoms with E-state index in [1.807, 2.05) is 0 Å². The van der Waals surface area contributed by atoms with Gasteiger partial charge in [-0.05, 0) is 42.0 Å². The molecule has 4 nitrogen and oxygen atoms in total. The lowest BCUT2D eigenvalue weighted by atomic mass is 10.0. The molecule has 2 aromatic carbocycles. The Hall–Kier alpha value is -1.11. The summed E-state index contributed by atoms with van der Waals surface area (Å²) >= 11 is 11.7. The molecule has 0 saturated heterocycles. The van der Waals surface area contributed by atoms with Gasteiger partial charge in [-0.2, -0.15) is 0 Å². The van der Waals surface area contributed by atoms with E-state index in [1.54, 1.807) is 24.3 Å². The van der Waals surface area contributed by atoms with E-state index in [2.05, 4.69) is 0 Å². The molecule has 0 heterocycles. The maximum absolute atomic E-state index is 13.1. The van der Waals surface area contributed by atoms with Gasteiger partial charge in [0.25, 0.3) is 0 Å². The number of aliphatic hydroxyl groups is 1. The standard InChI is InChI=1S/C17H17Cl2NO3S/c18-12-3-1-11(2-4-12)15-16(17(15,9-20)10-21)24(22,23)14-7-5-13(19)6-8-14/h1-8,15-16,21H,9-10,20H2. The summed E-state index contributed by atoms with van der Waals surface area (Å²) in [5.41, 5.74) is 5.78. The van der Waals surface area contributed by atoms with Crippen LogP contribution in [0.5, 0.6) is 0 Å². The monoisotopic (exact) mass is 385 g/mol. The van der Waals surface area contributed by atoms with Gasteiger partial charge in [0.15, 0.2) is 9.84 Å². The quantitative estimate of drug-likeness (QED) is 0.828. The van der Waals surface area contributed by atoms with Crippen LogP contribution in [0.4, 0.5) is 0 Å². The molecule has 0 amide bonds. The van der Waals surface area contributed by atoms with Crippen LogP contribution in [-0.4, -0.2) is 31.9 Å². The van der Waals surface area contributed by atoms with Gasteiger partial charge in [-0.15, -0.1) is 0 Å². The van der Waals surface area contributed by atoms with Crippen molar-refractivity contribution in [1.82, 2.24) is 0 Å². The number of rotatable bonds is 5. The van der Waals surface area contributed by atoms with Crippen molar-refractivity contribution in [2.75, 3.05) is 13.2 Å². The number of hydrogen-bond donors (Lipinski definition) is 2. The summed E-state index contributed by atoms with van der Waals surface area (Å²) in [6, 6.07) is 13.0. The molecule has 0 aromatic heterocycles. The fraction of sp³-hybridized carbons (Fsp3) is 0.294. The molecule has 2 aromatic rings. The lowest BCUT2D eigenvalue weighted by Gasteiger charge is -2.12. The average molecular weight is 386 g/mol. The van der Waals surface area contributed by atoms with Gasteiger partial charge >= 0.3 is 0 Å². The van der Waals surface area contributed by atoms with E-state index >= 15 is 0 Å². The zero-order chi connectivity index (χ0) is 17.5. The second-order valence-corrected chi connectivity index (χ2v) is 8.99. The second kappa shape index (κ2) is 6.32. The molecule has 1 fully saturated rings. The van der Waals surface area contributed by atoms with Gasteiger partial charge in [0.05, 0.1) is 16.8 Å². The second-order valence-electron chi connectivity index (χ2n) is 6.04. The van der Waals surface area contributed by atoms with Gasteiger partial charge in [-0.25, -0.2) is 8.42 Å². The number of sulfone groups is 1. The topological polar surface area (TPSA) is 80.4 Å². The maximum atomic E-state index is 13.1. The molecule has 3 rings (SSSR count). The number of aliphatic hydroxyl groups excluding tert-OH is 1. The van der Waals surface area contributed by atoms with Crippen molar-refractivity contribution in [3.8, 4) is 0 Å². The first-order valence-corrected chi connectivity index (χ1v) is 9.73. The third kappa shape index (κ3) is 2.74. The summed E-state index contributed by atoms with van der Waals surface area (Å²) < 4.78 is 26.1. The molecule has 0 aliphatic heterocycles. The van der Waals surface area contributed by atoms with Crippen LogP contribution in [-0.2, 0) is 9.84 Å². The minimum atomic E-state index is -3.65. The molecule has 3 unspecified atom stereocenters. The van der Waals surface area contributed by atoms with Gasteiger partial charge in [0.1, 0.15) is 0 Å². The Bertz CT molecular complexity index is 831. The lowest BCUT2D eigenvalue weighted by Crippen LogP contribution is -2.27. The molecule has 1 aliphatic carbocycles. The third-order valence-electron chi connectivity index (χ3n) is 4.76. The first-order chi connectivity index (χ1) is 11.4. The fourth-order valence-electron chi connectivity index (χ4n) is 3.39. The normalized spacial score (nSPS) is 26.3. The van der Waals surface area contributed by atoms with Crippen molar-refractivity contribution < 1.29 is 13.5 Å². The van der Waals surface area contributed by atoms with Gasteiger partial charge in [-0.1, -0.05) is 35.3 Å². The van der Waals surface area contributed by atoms with Gasteiger partial charge in [0.2, 0.25) is 0 Å². The predicted octanol–water partition coefficient (Wildman–Crippen LogP) is 2.87. The summed E-state index contributed by atoms with van der Waals surface area (Å²) in [5.74, 6) is -0.370. The predicted molar refractivity (Wildman–Crippen MR) is 95.2 cm³/mol. The number of nitrogens with two attached hydrogens (primary N) is 1. The minimum Gasteiger partial charge on any atom is -0.396 e. The van der Waals surface area contributed by atoms with Crippen LogP contribution >= 0.6 is 23.2 Å². The summed E-state index contributed by atoms with van der Waals surface area (Å²) in [6.45, 7) is -0.220. The molecule has 7 heteroatoms. The van der Waals surface area contributed by atoms with Crippen molar-refractivity contribution in [1.29, 1.82) is 0 Å². The summed E-state index contributed by atoms with van der Waals surface area (Å²) in [7, 11) is -3.65. The SMILES string of the molecule is NCC1(CO)C(c2ccc(Cl)cc2)C1S(=O)(=O)c1ccc(Cl)cc1. The van der Waals surface area contributed by atoms with E-state index < -0.39 is 20.5 Å². The Balaban J connectivity index is 2.04. The first-order valence-electron chi connectivity index (χ1n) is 7.42. The lowest BCUT2D eigenvalue weighted by molar-refractivity contribution is 0.212. The number of hydrogen-bond acceptors (Lipinski definition) is 4. The van der Waals surface area contributed by atoms with E-state index in [0.717, 1.165) is 5.56 Å². The molecule has 0 radical (unpaired) electrons. The average Bonchev–Trinajstić information content (AvgIpc) is 3.26. The summed E-state index contributed by atoms with van der Waals surface area (Å²) in [4.78, 5) is 0.180. The number of halogens is 2. The Kier molecular flexibility index (Phi) is 4.66. The van der Waals surface area contributed by atoms with Gasteiger partial charge in [-0.3, -0.25) is 0 Å². The zero-order valence-electron chi connectivity index (χ0n) is 12.7.